The Balaban J connectivity index is 1.75. The van der Waals surface area contributed by atoms with Gasteiger partial charge in [0, 0.05) is 23.1 Å². The smallest absolute Gasteiger partial charge is 0.410 e. The lowest BCUT2D eigenvalue weighted by molar-refractivity contribution is -0.143. The second-order valence-corrected chi connectivity index (χ2v) is 9.32. The monoisotopic (exact) mass is 472 g/mol. The van der Waals surface area contributed by atoms with E-state index in [1.807, 2.05) is 6.07 Å². The second kappa shape index (κ2) is 9.22. The average molecular weight is 473 g/mol. The number of amides is 1. The van der Waals surface area contributed by atoms with Gasteiger partial charge in [-0.3, -0.25) is 4.79 Å². The van der Waals surface area contributed by atoms with Crippen LogP contribution in [0.25, 0.3) is 0 Å². The Morgan fingerprint density at radius 3 is 2.30 bits per heavy atom. The van der Waals surface area contributed by atoms with Crippen LogP contribution in [0, 0.1) is 0 Å². The fraction of sp³-hybridized carbons (Fsp3) is 0.263. The fourth-order valence-corrected chi connectivity index (χ4v) is 5.34. The molecular formula is C19H18Cl2N2O6S. The van der Waals surface area contributed by atoms with Crippen molar-refractivity contribution in [2.75, 3.05) is 19.6 Å². The maximum Gasteiger partial charge on any atom is 0.410 e. The van der Waals surface area contributed by atoms with Crippen molar-refractivity contribution >= 4 is 45.3 Å². The van der Waals surface area contributed by atoms with Crippen LogP contribution in [0.5, 0.6) is 0 Å². The molecule has 160 valence electrons. The van der Waals surface area contributed by atoms with Crippen LogP contribution in [-0.4, -0.2) is 60.5 Å². The summed E-state index contributed by atoms with van der Waals surface area (Å²) in [5, 5.41) is 9.81. The van der Waals surface area contributed by atoms with Crippen molar-refractivity contribution in [1.82, 2.24) is 9.21 Å². The molecule has 0 aliphatic carbocycles. The van der Waals surface area contributed by atoms with Crippen LogP contribution in [0.3, 0.4) is 0 Å². The Hall–Kier alpha value is -2.33. The molecule has 8 nitrogen and oxygen atoms in total. The SMILES string of the molecule is O=C(O)[C@@H]1CN(C(=O)OCc2ccccc2)CCN1S(=O)(=O)c1cc(Cl)cc(Cl)c1. The summed E-state index contributed by atoms with van der Waals surface area (Å²) >= 11 is 11.8. The van der Waals surface area contributed by atoms with E-state index in [1.54, 1.807) is 24.3 Å². The van der Waals surface area contributed by atoms with Crippen molar-refractivity contribution in [2.24, 2.45) is 0 Å². The number of piperazine rings is 1. The first kappa shape index (κ1) is 22.4. The molecule has 2 aromatic rings. The minimum atomic E-state index is -4.20. The Morgan fingerprint density at radius 1 is 1.07 bits per heavy atom. The molecule has 0 spiro atoms. The predicted octanol–water partition coefficient (Wildman–Crippen LogP) is 3.09. The molecule has 0 bridgehead atoms. The molecule has 3 rings (SSSR count). The van der Waals surface area contributed by atoms with Crippen LogP contribution in [-0.2, 0) is 26.2 Å². The van der Waals surface area contributed by atoms with E-state index in [2.05, 4.69) is 0 Å². The lowest BCUT2D eigenvalue weighted by Crippen LogP contribution is -2.59. The van der Waals surface area contributed by atoms with Gasteiger partial charge in [0.1, 0.15) is 12.6 Å². The Labute approximate surface area is 183 Å². The third-order valence-electron chi connectivity index (χ3n) is 4.52. The standard InChI is InChI=1S/C19H18Cl2N2O6S/c20-14-8-15(21)10-16(9-14)30(27,28)23-7-6-22(11-17(23)18(24)25)19(26)29-12-13-4-2-1-3-5-13/h1-5,8-10,17H,6-7,11-12H2,(H,24,25)/t17-/m0/s1. The molecule has 2 aromatic carbocycles. The minimum Gasteiger partial charge on any atom is -0.480 e. The molecule has 1 amide bonds. The van der Waals surface area contributed by atoms with Gasteiger partial charge in [0.15, 0.2) is 0 Å². The third-order valence-corrected chi connectivity index (χ3v) is 6.84. The number of nitrogens with zero attached hydrogens (tertiary/aromatic N) is 2. The predicted molar refractivity (Wildman–Crippen MR) is 110 cm³/mol. The number of carboxylic acids is 1. The van der Waals surface area contributed by atoms with Crippen molar-refractivity contribution in [2.45, 2.75) is 17.5 Å². The zero-order valence-corrected chi connectivity index (χ0v) is 17.9. The third kappa shape index (κ3) is 5.04. The number of aliphatic carboxylic acids is 1. The number of carbonyl (C=O) groups excluding carboxylic acids is 1. The zero-order chi connectivity index (χ0) is 21.9. The molecule has 1 aliphatic rings. The summed E-state index contributed by atoms with van der Waals surface area (Å²) in [6.07, 6.45) is -0.715. The van der Waals surface area contributed by atoms with Crippen LogP contribution < -0.4 is 0 Å². The lowest BCUT2D eigenvalue weighted by Gasteiger charge is -2.37. The van der Waals surface area contributed by atoms with Crippen LogP contribution >= 0.6 is 23.2 Å². The number of carbonyl (C=O) groups is 2. The minimum absolute atomic E-state index is 0.0229. The van der Waals surface area contributed by atoms with Gasteiger partial charge in [-0.05, 0) is 23.8 Å². The van der Waals surface area contributed by atoms with Gasteiger partial charge in [-0.25, -0.2) is 13.2 Å². The topological polar surface area (TPSA) is 104 Å². The summed E-state index contributed by atoms with van der Waals surface area (Å²) in [4.78, 5) is 25.1. The zero-order valence-electron chi connectivity index (χ0n) is 15.6. The van der Waals surface area contributed by atoms with Gasteiger partial charge in [0.2, 0.25) is 10.0 Å². The van der Waals surface area contributed by atoms with Crippen molar-refractivity contribution in [1.29, 1.82) is 0 Å². The van der Waals surface area contributed by atoms with E-state index in [9.17, 15) is 23.1 Å². The number of hydrogen-bond donors (Lipinski definition) is 1. The number of rotatable bonds is 5. The molecular weight excluding hydrogens is 455 g/mol. The first-order valence-corrected chi connectivity index (χ1v) is 11.0. The highest BCUT2D eigenvalue weighted by atomic mass is 35.5. The van der Waals surface area contributed by atoms with Crippen molar-refractivity contribution in [3.63, 3.8) is 0 Å². The Kier molecular flexibility index (Phi) is 6.87. The molecule has 30 heavy (non-hydrogen) atoms. The molecule has 1 saturated heterocycles. The molecule has 0 saturated carbocycles. The number of benzene rings is 2. The highest BCUT2D eigenvalue weighted by molar-refractivity contribution is 7.89. The molecule has 0 radical (unpaired) electrons. The summed E-state index contributed by atoms with van der Waals surface area (Å²) in [5.41, 5.74) is 0.777. The quantitative estimate of drug-likeness (QED) is 0.716. The summed E-state index contributed by atoms with van der Waals surface area (Å²) in [6, 6.07) is 11.3. The normalized spacial score (nSPS) is 17.5. The molecule has 1 heterocycles. The van der Waals surface area contributed by atoms with Gasteiger partial charge in [-0.15, -0.1) is 0 Å². The fourth-order valence-electron chi connectivity index (χ4n) is 3.04. The van der Waals surface area contributed by atoms with Crippen LogP contribution in [0.4, 0.5) is 4.79 Å². The molecule has 0 aromatic heterocycles. The number of carboxylic acid groups (broad SMARTS) is 1. The van der Waals surface area contributed by atoms with Crippen LogP contribution in [0.15, 0.2) is 53.4 Å². The van der Waals surface area contributed by atoms with Gasteiger partial charge >= 0.3 is 12.1 Å². The number of halogens is 2. The highest BCUT2D eigenvalue weighted by Crippen LogP contribution is 2.27. The maximum atomic E-state index is 13.0. The first-order valence-electron chi connectivity index (χ1n) is 8.85. The summed E-state index contributed by atoms with van der Waals surface area (Å²) in [6.45, 7) is -0.567. The van der Waals surface area contributed by atoms with Crippen molar-refractivity contribution < 1.29 is 27.9 Å². The van der Waals surface area contributed by atoms with Gasteiger partial charge in [-0.2, -0.15) is 4.31 Å². The summed E-state index contributed by atoms with van der Waals surface area (Å²) < 4.78 is 32.1. The molecule has 1 atom stereocenters. The van der Waals surface area contributed by atoms with Gasteiger partial charge in [0.25, 0.3) is 0 Å². The van der Waals surface area contributed by atoms with Crippen LogP contribution in [0.1, 0.15) is 5.56 Å². The first-order chi connectivity index (χ1) is 14.2. The van der Waals surface area contributed by atoms with E-state index in [0.717, 1.165) is 9.87 Å². The molecule has 1 fully saturated rings. The molecule has 1 N–H and O–H groups in total. The van der Waals surface area contributed by atoms with Gasteiger partial charge < -0.3 is 14.7 Å². The average Bonchev–Trinajstić information content (AvgIpc) is 2.71. The number of ether oxygens (including phenoxy) is 1. The van der Waals surface area contributed by atoms with E-state index in [1.165, 1.54) is 23.1 Å². The van der Waals surface area contributed by atoms with Crippen LogP contribution in [0.2, 0.25) is 10.0 Å². The second-order valence-electron chi connectivity index (χ2n) is 6.56. The largest absolute Gasteiger partial charge is 0.480 e. The molecule has 1 aliphatic heterocycles. The van der Waals surface area contributed by atoms with E-state index in [-0.39, 0.29) is 41.2 Å². The Bertz CT molecular complexity index is 1030. The van der Waals surface area contributed by atoms with Crippen molar-refractivity contribution in [3.8, 4) is 0 Å². The summed E-state index contributed by atoms with van der Waals surface area (Å²) in [5.74, 6) is -1.38. The Morgan fingerprint density at radius 2 is 1.70 bits per heavy atom. The van der Waals surface area contributed by atoms with Gasteiger partial charge in [0.05, 0.1) is 11.4 Å². The van der Waals surface area contributed by atoms with E-state index >= 15 is 0 Å². The van der Waals surface area contributed by atoms with E-state index in [0.29, 0.717) is 0 Å². The highest BCUT2D eigenvalue weighted by Gasteiger charge is 2.42. The number of hydrogen-bond acceptors (Lipinski definition) is 5. The summed E-state index contributed by atoms with van der Waals surface area (Å²) in [7, 11) is -4.20. The number of sulfonamides is 1. The maximum absolute atomic E-state index is 13.0. The van der Waals surface area contributed by atoms with Gasteiger partial charge in [-0.1, -0.05) is 53.5 Å². The molecule has 11 heteroatoms. The van der Waals surface area contributed by atoms with E-state index in [4.69, 9.17) is 27.9 Å². The lowest BCUT2D eigenvalue weighted by atomic mass is 10.2. The molecule has 0 unspecified atom stereocenters. The van der Waals surface area contributed by atoms with E-state index < -0.39 is 28.1 Å². The van der Waals surface area contributed by atoms with Crippen molar-refractivity contribution in [3.05, 3.63) is 64.1 Å².